The van der Waals surface area contributed by atoms with Gasteiger partial charge in [0.15, 0.2) is 0 Å². The normalized spacial score (nSPS) is 9.81. The first-order chi connectivity index (χ1) is 7.92. The van der Waals surface area contributed by atoms with Crippen molar-refractivity contribution in [1.82, 2.24) is 4.98 Å². The minimum Gasteiger partial charge on any atom is -0.396 e. The summed E-state index contributed by atoms with van der Waals surface area (Å²) in [5, 5.41) is 10.9. The van der Waals surface area contributed by atoms with Crippen molar-refractivity contribution in [3.63, 3.8) is 0 Å². The quantitative estimate of drug-likeness (QED) is 0.611. The Bertz CT molecular complexity index is 532. The third-order valence-electron chi connectivity index (χ3n) is 2.36. The molecule has 0 spiro atoms. The van der Waals surface area contributed by atoms with Gasteiger partial charge in [-0.05, 0) is 18.6 Å². The van der Waals surface area contributed by atoms with Gasteiger partial charge in [-0.15, -0.1) is 0 Å². The molecule has 0 unspecified atom stereocenters. The van der Waals surface area contributed by atoms with E-state index >= 15 is 0 Å². The zero-order chi connectivity index (χ0) is 11.2. The lowest BCUT2D eigenvalue weighted by molar-refractivity contribution is 0.290. The molecule has 1 N–H and O–H groups in total. The molecule has 2 rings (SSSR count). The molecule has 2 aromatic rings. The summed E-state index contributed by atoms with van der Waals surface area (Å²) in [7, 11) is 0. The highest BCUT2D eigenvalue weighted by Crippen LogP contribution is 2.16. The van der Waals surface area contributed by atoms with Gasteiger partial charge < -0.3 is 5.11 Å². The van der Waals surface area contributed by atoms with Crippen molar-refractivity contribution in [3.8, 4) is 11.8 Å². The Balaban J connectivity index is 2.32. The predicted molar refractivity (Wildman–Crippen MR) is 64.9 cm³/mol. The van der Waals surface area contributed by atoms with Crippen LogP contribution in [0.2, 0.25) is 0 Å². The van der Waals surface area contributed by atoms with E-state index in [-0.39, 0.29) is 6.61 Å². The van der Waals surface area contributed by atoms with Gasteiger partial charge in [0, 0.05) is 41.8 Å². The van der Waals surface area contributed by atoms with E-state index < -0.39 is 0 Å². The van der Waals surface area contributed by atoms with Crippen molar-refractivity contribution in [2.45, 2.75) is 12.8 Å². The SMILES string of the molecule is OCCCC#Cc1cccc2cnccc12. The molecular formula is C14H13NO. The van der Waals surface area contributed by atoms with Gasteiger partial charge in [-0.1, -0.05) is 24.0 Å². The molecule has 0 saturated carbocycles. The van der Waals surface area contributed by atoms with Crippen LogP contribution in [0, 0.1) is 11.8 Å². The maximum absolute atomic E-state index is 8.66. The summed E-state index contributed by atoms with van der Waals surface area (Å²) in [4.78, 5) is 4.08. The lowest BCUT2D eigenvalue weighted by Crippen LogP contribution is -1.82. The number of unbranched alkanes of at least 4 members (excludes halogenated alkanes) is 1. The van der Waals surface area contributed by atoms with E-state index in [2.05, 4.69) is 16.8 Å². The summed E-state index contributed by atoms with van der Waals surface area (Å²) in [6, 6.07) is 8.00. The van der Waals surface area contributed by atoms with Gasteiger partial charge in [-0.3, -0.25) is 4.98 Å². The molecule has 16 heavy (non-hydrogen) atoms. The van der Waals surface area contributed by atoms with Crippen molar-refractivity contribution in [2.24, 2.45) is 0 Å². The molecule has 0 radical (unpaired) electrons. The first kappa shape index (κ1) is 10.7. The van der Waals surface area contributed by atoms with Crippen molar-refractivity contribution >= 4 is 10.8 Å². The van der Waals surface area contributed by atoms with Gasteiger partial charge in [-0.25, -0.2) is 0 Å². The third kappa shape index (κ3) is 2.39. The van der Waals surface area contributed by atoms with Crippen LogP contribution >= 0.6 is 0 Å². The van der Waals surface area contributed by atoms with Crippen LogP contribution in [0.3, 0.4) is 0 Å². The molecule has 0 aliphatic heterocycles. The fraction of sp³-hybridized carbons (Fsp3) is 0.214. The van der Waals surface area contributed by atoms with E-state index in [1.165, 1.54) is 0 Å². The second-order valence-corrected chi connectivity index (χ2v) is 3.53. The molecule has 1 heterocycles. The highest BCUT2D eigenvalue weighted by atomic mass is 16.2. The van der Waals surface area contributed by atoms with Gasteiger partial charge in [0.25, 0.3) is 0 Å². The average Bonchev–Trinajstić information content (AvgIpc) is 2.35. The molecule has 0 atom stereocenters. The van der Waals surface area contributed by atoms with Crippen molar-refractivity contribution in [1.29, 1.82) is 0 Å². The number of aliphatic hydroxyl groups is 1. The zero-order valence-electron chi connectivity index (χ0n) is 8.98. The molecule has 0 aliphatic rings. The molecule has 2 nitrogen and oxygen atoms in total. The van der Waals surface area contributed by atoms with Crippen LogP contribution in [0.25, 0.3) is 10.8 Å². The average molecular weight is 211 g/mol. The lowest BCUT2D eigenvalue weighted by atomic mass is 10.1. The summed E-state index contributed by atoms with van der Waals surface area (Å²) in [5.41, 5.74) is 1.03. The lowest BCUT2D eigenvalue weighted by Gasteiger charge is -1.98. The van der Waals surface area contributed by atoms with Crippen LogP contribution in [0.15, 0.2) is 36.7 Å². The van der Waals surface area contributed by atoms with Crippen LogP contribution in [0.4, 0.5) is 0 Å². The third-order valence-corrected chi connectivity index (χ3v) is 2.36. The maximum Gasteiger partial charge on any atom is 0.0440 e. The van der Waals surface area contributed by atoms with Gasteiger partial charge in [0.1, 0.15) is 0 Å². The summed E-state index contributed by atoms with van der Waals surface area (Å²) >= 11 is 0. The molecule has 2 heteroatoms. The van der Waals surface area contributed by atoms with Crippen LogP contribution in [-0.2, 0) is 0 Å². The number of hydrogen-bond acceptors (Lipinski definition) is 2. The fourth-order valence-corrected chi connectivity index (χ4v) is 1.56. The van der Waals surface area contributed by atoms with Crippen molar-refractivity contribution in [2.75, 3.05) is 6.61 Å². The Morgan fingerprint density at radius 3 is 3.06 bits per heavy atom. The number of fused-ring (bicyclic) bond motifs is 1. The molecule has 0 fully saturated rings. The molecule has 0 saturated heterocycles. The molecule has 0 bridgehead atoms. The van der Waals surface area contributed by atoms with Gasteiger partial charge in [-0.2, -0.15) is 0 Å². The van der Waals surface area contributed by atoms with E-state index in [0.29, 0.717) is 0 Å². The topological polar surface area (TPSA) is 33.1 Å². The summed E-state index contributed by atoms with van der Waals surface area (Å²) in [6.45, 7) is 0.203. The van der Waals surface area contributed by atoms with E-state index in [9.17, 15) is 0 Å². The number of nitrogens with zero attached hydrogens (tertiary/aromatic N) is 1. The molecule has 0 aliphatic carbocycles. The van der Waals surface area contributed by atoms with Gasteiger partial charge in [0.2, 0.25) is 0 Å². The van der Waals surface area contributed by atoms with E-state index in [0.717, 1.165) is 29.2 Å². The number of rotatable bonds is 2. The van der Waals surface area contributed by atoms with E-state index in [1.807, 2.05) is 30.5 Å². The number of aliphatic hydroxyl groups excluding tert-OH is 1. The highest BCUT2D eigenvalue weighted by molar-refractivity contribution is 5.87. The molecule has 1 aromatic carbocycles. The monoisotopic (exact) mass is 211 g/mol. The summed E-state index contributed by atoms with van der Waals surface area (Å²) < 4.78 is 0. The Labute approximate surface area is 95.0 Å². The zero-order valence-corrected chi connectivity index (χ0v) is 8.98. The predicted octanol–water partition coefficient (Wildman–Crippen LogP) is 2.36. The van der Waals surface area contributed by atoms with Gasteiger partial charge in [0.05, 0.1) is 0 Å². The smallest absolute Gasteiger partial charge is 0.0440 e. The van der Waals surface area contributed by atoms with Crippen LogP contribution in [0.1, 0.15) is 18.4 Å². The summed E-state index contributed by atoms with van der Waals surface area (Å²) in [6.07, 6.45) is 5.09. The Morgan fingerprint density at radius 1 is 1.25 bits per heavy atom. The molecule has 80 valence electrons. The first-order valence-corrected chi connectivity index (χ1v) is 5.34. The summed E-state index contributed by atoms with van der Waals surface area (Å²) in [5.74, 6) is 6.20. The first-order valence-electron chi connectivity index (χ1n) is 5.34. The molecule has 0 amide bonds. The molecule has 1 aromatic heterocycles. The minimum absolute atomic E-state index is 0.203. The molecular weight excluding hydrogens is 198 g/mol. The van der Waals surface area contributed by atoms with Crippen molar-refractivity contribution in [3.05, 3.63) is 42.2 Å². The van der Waals surface area contributed by atoms with Crippen LogP contribution in [0.5, 0.6) is 0 Å². The number of aromatic nitrogens is 1. The second-order valence-electron chi connectivity index (χ2n) is 3.53. The van der Waals surface area contributed by atoms with Crippen LogP contribution < -0.4 is 0 Å². The Hall–Kier alpha value is -1.85. The number of pyridine rings is 1. The van der Waals surface area contributed by atoms with E-state index in [1.54, 1.807) is 6.20 Å². The number of hydrogen-bond donors (Lipinski definition) is 1. The van der Waals surface area contributed by atoms with E-state index in [4.69, 9.17) is 5.11 Å². The maximum atomic E-state index is 8.66. The second kappa shape index (κ2) is 5.29. The fourth-order valence-electron chi connectivity index (χ4n) is 1.56. The minimum atomic E-state index is 0.203. The number of benzene rings is 1. The van der Waals surface area contributed by atoms with Gasteiger partial charge >= 0.3 is 0 Å². The largest absolute Gasteiger partial charge is 0.396 e. The highest BCUT2D eigenvalue weighted by Gasteiger charge is 1.96. The standard InChI is InChI=1S/C14H13NO/c16-10-3-1-2-5-12-6-4-7-13-11-15-9-8-14(12)13/h4,6-9,11,16H,1,3,10H2. The van der Waals surface area contributed by atoms with Crippen LogP contribution in [-0.4, -0.2) is 16.7 Å². The van der Waals surface area contributed by atoms with Crippen molar-refractivity contribution < 1.29 is 5.11 Å². The Morgan fingerprint density at radius 2 is 2.19 bits per heavy atom. The Kier molecular flexibility index (Phi) is 3.53.